The molecule has 2 atom stereocenters. The number of rotatable bonds is 3. The quantitative estimate of drug-likeness (QED) is 0.606. The Morgan fingerprint density at radius 2 is 2.05 bits per heavy atom. The highest BCUT2D eigenvalue weighted by Crippen LogP contribution is 2.36. The Balaban J connectivity index is 2.29. The van der Waals surface area contributed by atoms with Gasteiger partial charge in [0.15, 0.2) is 0 Å². The van der Waals surface area contributed by atoms with Crippen LogP contribution in [-0.2, 0) is 11.3 Å². The van der Waals surface area contributed by atoms with Crippen molar-refractivity contribution >= 4 is 44.4 Å². The van der Waals surface area contributed by atoms with E-state index in [9.17, 15) is 0 Å². The van der Waals surface area contributed by atoms with Crippen LogP contribution in [0.1, 0.15) is 32.8 Å². The van der Waals surface area contributed by atoms with Gasteiger partial charge >= 0.3 is 6.00 Å². The number of halogens is 3. The minimum atomic E-state index is -2.85. The third kappa shape index (κ3) is 3.22. The first-order valence-electron chi connectivity index (χ1n) is 6.29. The van der Waals surface area contributed by atoms with Gasteiger partial charge in [-0.15, -0.1) is 33.2 Å². The van der Waals surface area contributed by atoms with Crippen molar-refractivity contribution in [3.63, 3.8) is 0 Å². The summed E-state index contributed by atoms with van der Waals surface area (Å²) in [6.45, 7) is 6.70. The zero-order valence-electron chi connectivity index (χ0n) is 11.2. The second-order valence-corrected chi connectivity index (χ2v) is 13.5. The lowest BCUT2D eigenvalue weighted by atomic mass is 9.98. The lowest BCUT2D eigenvalue weighted by Gasteiger charge is -2.39. The van der Waals surface area contributed by atoms with Gasteiger partial charge in [-0.3, -0.25) is 0 Å². The summed E-state index contributed by atoms with van der Waals surface area (Å²) in [5, 5.41) is 0.760. The van der Waals surface area contributed by atoms with Crippen molar-refractivity contribution in [2.24, 2.45) is 5.92 Å². The molecule has 0 aromatic heterocycles. The highest BCUT2D eigenvalue weighted by Gasteiger charge is 2.38. The molecule has 2 nitrogen and oxygen atoms in total. The van der Waals surface area contributed by atoms with Gasteiger partial charge < -0.3 is 9.47 Å². The number of hydrogen-bond acceptors (Lipinski definition) is 2. The standard InChI is InChI=1S/C13H17Cl3O2Si/c1-4-9(2)13(3)17-8-10-7-11(19(14,15)16)5-6-12(10)18-13/h5-7,9H,4,8H2,1-3H3. The van der Waals surface area contributed by atoms with E-state index in [4.69, 9.17) is 42.7 Å². The molecular formula is C13H17Cl3O2Si. The second kappa shape index (κ2) is 5.45. The largest absolute Gasteiger partial charge is 0.462 e. The SMILES string of the molecule is CCC(C)C1(C)OCc2cc([Si](Cl)(Cl)Cl)ccc2O1. The monoisotopic (exact) mass is 338 g/mol. The van der Waals surface area contributed by atoms with E-state index in [0.717, 1.165) is 22.9 Å². The van der Waals surface area contributed by atoms with Crippen LogP contribution < -0.4 is 9.92 Å². The third-order valence-corrected chi connectivity index (χ3v) is 6.65. The van der Waals surface area contributed by atoms with Crippen molar-refractivity contribution in [1.82, 2.24) is 0 Å². The maximum atomic E-state index is 6.02. The van der Waals surface area contributed by atoms with Crippen molar-refractivity contribution in [2.75, 3.05) is 0 Å². The highest BCUT2D eigenvalue weighted by atomic mass is 35.8. The smallest absolute Gasteiger partial charge is 0.372 e. The average molecular weight is 340 g/mol. The molecule has 0 radical (unpaired) electrons. The fraction of sp³-hybridized carbons (Fsp3) is 0.538. The molecule has 6 heteroatoms. The number of ether oxygens (including phenoxy) is 2. The number of hydrogen-bond donors (Lipinski definition) is 0. The molecule has 19 heavy (non-hydrogen) atoms. The van der Waals surface area contributed by atoms with Crippen molar-refractivity contribution in [3.8, 4) is 5.75 Å². The fourth-order valence-electron chi connectivity index (χ4n) is 2.05. The molecule has 1 aliphatic heterocycles. The highest BCUT2D eigenvalue weighted by molar-refractivity contribution is 7.69. The van der Waals surface area contributed by atoms with E-state index in [-0.39, 0.29) is 0 Å². The van der Waals surface area contributed by atoms with Crippen molar-refractivity contribution in [1.29, 1.82) is 0 Å². The van der Waals surface area contributed by atoms with E-state index in [1.165, 1.54) is 0 Å². The Labute approximate surface area is 129 Å². The van der Waals surface area contributed by atoms with Crippen LogP contribution in [0.2, 0.25) is 0 Å². The third-order valence-electron chi connectivity index (χ3n) is 3.72. The van der Waals surface area contributed by atoms with Crippen molar-refractivity contribution < 1.29 is 9.47 Å². The first-order valence-corrected chi connectivity index (χ1v) is 11.3. The van der Waals surface area contributed by atoms with Crippen LogP contribution >= 0.6 is 33.2 Å². The van der Waals surface area contributed by atoms with Gasteiger partial charge in [-0.05, 0) is 17.7 Å². The summed E-state index contributed by atoms with van der Waals surface area (Å²) in [4.78, 5) is 0. The molecule has 1 aromatic rings. The molecule has 0 bridgehead atoms. The molecule has 1 aliphatic rings. The minimum absolute atomic E-state index is 0.308. The van der Waals surface area contributed by atoms with E-state index < -0.39 is 11.8 Å². The van der Waals surface area contributed by atoms with Gasteiger partial charge in [-0.2, -0.15) is 0 Å². The zero-order valence-corrected chi connectivity index (χ0v) is 14.4. The zero-order chi connectivity index (χ0) is 14.3. The van der Waals surface area contributed by atoms with Gasteiger partial charge in [0.2, 0.25) is 5.79 Å². The Hall–Kier alpha value is 0.0669. The second-order valence-electron chi connectivity index (χ2n) is 5.04. The van der Waals surface area contributed by atoms with Crippen LogP contribution in [0.5, 0.6) is 5.75 Å². The van der Waals surface area contributed by atoms with Gasteiger partial charge in [0.1, 0.15) is 5.75 Å². The summed E-state index contributed by atoms with van der Waals surface area (Å²) < 4.78 is 11.9. The molecule has 106 valence electrons. The summed E-state index contributed by atoms with van der Waals surface area (Å²) >= 11 is 18.1. The van der Waals surface area contributed by atoms with Crippen molar-refractivity contribution in [3.05, 3.63) is 23.8 Å². The van der Waals surface area contributed by atoms with Gasteiger partial charge in [-0.25, -0.2) is 0 Å². The Bertz CT molecular complexity index is 475. The van der Waals surface area contributed by atoms with E-state index in [1.54, 1.807) is 0 Å². The lowest BCUT2D eigenvalue weighted by Crippen LogP contribution is -2.45. The van der Waals surface area contributed by atoms with E-state index >= 15 is 0 Å². The number of benzene rings is 1. The van der Waals surface area contributed by atoms with Crippen LogP contribution in [0.25, 0.3) is 0 Å². The molecule has 0 aliphatic carbocycles. The molecule has 0 amide bonds. The molecule has 2 unspecified atom stereocenters. The van der Waals surface area contributed by atoms with Crippen LogP contribution in [0.3, 0.4) is 0 Å². The molecule has 0 saturated carbocycles. The Morgan fingerprint density at radius 1 is 1.37 bits per heavy atom. The number of fused-ring (bicyclic) bond motifs is 1. The molecule has 0 saturated heterocycles. The summed E-state index contributed by atoms with van der Waals surface area (Å²) in [7, 11) is 0. The first-order chi connectivity index (χ1) is 8.76. The Morgan fingerprint density at radius 3 is 2.63 bits per heavy atom. The van der Waals surface area contributed by atoms with E-state index in [2.05, 4.69) is 13.8 Å². The summed E-state index contributed by atoms with van der Waals surface area (Å²) in [5.41, 5.74) is 0.942. The lowest BCUT2D eigenvalue weighted by molar-refractivity contribution is -0.223. The molecule has 0 fully saturated rings. The molecule has 1 aromatic carbocycles. The average Bonchev–Trinajstić information content (AvgIpc) is 2.35. The normalized spacial score (nSPS) is 24.5. The Kier molecular flexibility index (Phi) is 4.44. The van der Waals surface area contributed by atoms with Crippen molar-refractivity contribution in [2.45, 2.75) is 39.6 Å². The molecule has 0 N–H and O–H groups in total. The van der Waals surface area contributed by atoms with Crippen LogP contribution in [0.15, 0.2) is 18.2 Å². The first kappa shape index (κ1) is 15.5. The van der Waals surface area contributed by atoms with Crippen LogP contribution in [0, 0.1) is 5.92 Å². The summed E-state index contributed by atoms with van der Waals surface area (Å²) in [6.07, 6.45) is 0.991. The van der Waals surface area contributed by atoms with Gasteiger partial charge in [0, 0.05) is 18.4 Å². The molecular weight excluding hydrogens is 323 g/mol. The van der Waals surface area contributed by atoms with Gasteiger partial charge in [0.25, 0.3) is 0 Å². The minimum Gasteiger partial charge on any atom is -0.462 e. The summed E-state index contributed by atoms with van der Waals surface area (Å²) in [5.74, 6) is 0.546. The molecule has 0 spiro atoms. The topological polar surface area (TPSA) is 18.5 Å². The fourth-order valence-corrected chi connectivity index (χ4v) is 3.72. The predicted octanol–water partition coefficient (Wildman–Crippen LogP) is 4.22. The summed E-state index contributed by atoms with van der Waals surface area (Å²) in [6, 6.07) is 2.74. The molecule has 1 heterocycles. The van der Waals surface area contributed by atoms with Crippen LogP contribution in [-0.4, -0.2) is 11.8 Å². The van der Waals surface area contributed by atoms with Gasteiger partial charge in [-0.1, -0.05) is 26.0 Å². The van der Waals surface area contributed by atoms with Crippen LogP contribution in [0.4, 0.5) is 0 Å². The molecule has 2 rings (SSSR count). The van der Waals surface area contributed by atoms with E-state index in [1.807, 2.05) is 25.1 Å². The predicted molar refractivity (Wildman–Crippen MR) is 82.7 cm³/mol. The maximum absolute atomic E-state index is 6.02. The van der Waals surface area contributed by atoms with E-state index in [0.29, 0.717) is 12.5 Å². The van der Waals surface area contributed by atoms with Gasteiger partial charge in [0.05, 0.1) is 6.61 Å². The maximum Gasteiger partial charge on any atom is 0.372 e.